The number of aromatic amines is 1. The van der Waals surface area contributed by atoms with Crippen molar-refractivity contribution in [3.05, 3.63) is 66.1 Å². The van der Waals surface area contributed by atoms with Gasteiger partial charge in [-0.25, -0.2) is 4.98 Å². The molecule has 0 aliphatic carbocycles. The lowest BCUT2D eigenvalue weighted by Crippen LogP contribution is -2.21. The number of para-hydroxylation sites is 1. The summed E-state index contributed by atoms with van der Waals surface area (Å²) in [6, 6.07) is 14.2. The fraction of sp³-hybridized carbons (Fsp3) is 0.320. The first kappa shape index (κ1) is 25.7. The lowest BCUT2D eigenvalue weighted by Gasteiger charge is -2.16. The summed E-state index contributed by atoms with van der Waals surface area (Å²) in [6.45, 7) is 4.44. The van der Waals surface area contributed by atoms with Gasteiger partial charge in [-0.3, -0.25) is 24.6 Å². The number of hydrogen-bond acceptors (Lipinski definition) is 7. The molecule has 0 saturated carbocycles. The van der Waals surface area contributed by atoms with E-state index in [1.807, 2.05) is 36.5 Å². The normalized spacial score (nSPS) is 17.3. The van der Waals surface area contributed by atoms with Crippen LogP contribution < -0.4 is 0 Å². The van der Waals surface area contributed by atoms with Gasteiger partial charge in [-0.2, -0.15) is 5.10 Å². The van der Waals surface area contributed by atoms with Crippen LogP contribution in [0.3, 0.4) is 0 Å². The Kier molecular flexibility index (Phi) is 8.82. The third-order valence-corrected chi connectivity index (χ3v) is 5.49. The zero-order valence-corrected chi connectivity index (χ0v) is 19.6. The molecule has 4 N–H and O–H groups in total. The molecule has 0 bridgehead atoms. The molecule has 0 spiro atoms. The van der Waals surface area contributed by atoms with E-state index in [0.29, 0.717) is 6.54 Å². The van der Waals surface area contributed by atoms with Gasteiger partial charge < -0.3 is 15.3 Å². The number of pyridine rings is 2. The lowest BCUT2D eigenvalue weighted by molar-refractivity contribution is -0.135. The molecule has 35 heavy (non-hydrogen) atoms. The summed E-state index contributed by atoms with van der Waals surface area (Å²) in [5, 5.41) is 35.1. The number of aromatic nitrogens is 4. The molecule has 0 amide bonds. The van der Waals surface area contributed by atoms with Crippen molar-refractivity contribution in [2.75, 3.05) is 13.1 Å². The van der Waals surface area contributed by atoms with Crippen LogP contribution in [-0.2, 0) is 22.6 Å². The molecule has 1 aliphatic heterocycles. The highest BCUT2D eigenvalue weighted by Crippen LogP contribution is 2.27. The molecule has 1 aliphatic rings. The van der Waals surface area contributed by atoms with Crippen LogP contribution in [0.1, 0.15) is 25.1 Å². The van der Waals surface area contributed by atoms with Gasteiger partial charge >= 0.3 is 0 Å². The number of nitrogens with one attached hydrogen (secondary N) is 1. The topological polar surface area (TPSA) is 153 Å². The van der Waals surface area contributed by atoms with Crippen molar-refractivity contribution < 1.29 is 24.9 Å². The molecular weight excluding hydrogens is 450 g/mol. The Balaban J connectivity index is 0.000000376. The Morgan fingerprint density at radius 1 is 0.971 bits per heavy atom. The Hall–Kier alpha value is -3.89. The van der Waals surface area contributed by atoms with Gasteiger partial charge in [0.1, 0.15) is 0 Å². The third kappa shape index (κ3) is 7.29. The van der Waals surface area contributed by atoms with Crippen molar-refractivity contribution in [1.29, 1.82) is 0 Å². The first-order valence-corrected chi connectivity index (χ1v) is 11.1. The molecule has 184 valence electrons. The summed E-state index contributed by atoms with van der Waals surface area (Å²) >= 11 is 0. The molecule has 10 heteroatoms. The minimum atomic E-state index is -0.833. The largest absolute Gasteiger partial charge is 0.481 e. The summed E-state index contributed by atoms with van der Waals surface area (Å²) in [4.78, 5) is 29.0. The van der Waals surface area contributed by atoms with Gasteiger partial charge in [0.25, 0.3) is 11.9 Å². The van der Waals surface area contributed by atoms with Crippen molar-refractivity contribution >= 4 is 33.9 Å². The molecule has 0 unspecified atom stereocenters. The van der Waals surface area contributed by atoms with E-state index in [-0.39, 0.29) is 12.0 Å². The average Bonchev–Trinajstić information content (AvgIpc) is 3.36. The fourth-order valence-electron chi connectivity index (χ4n) is 4.13. The van der Waals surface area contributed by atoms with E-state index in [0.717, 1.165) is 55.6 Å². The minimum absolute atomic E-state index is 0.211. The molecule has 4 heterocycles. The second kappa shape index (κ2) is 12.0. The van der Waals surface area contributed by atoms with Crippen LogP contribution in [0.5, 0.6) is 0 Å². The number of hydrogen-bond donors (Lipinski definition) is 4. The highest BCUT2D eigenvalue weighted by atomic mass is 16.4. The SMILES string of the molecule is CC(=O)O.CC(=O)O.O[C@H]1CN(Cc2[nH]nc3ncccc23)C[C@H]1Cc1ccnc2ccccc12. The van der Waals surface area contributed by atoms with E-state index in [1.165, 1.54) is 10.9 Å². The van der Waals surface area contributed by atoms with Crippen LogP contribution in [0, 0.1) is 5.92 Å². The predicted molar refractivity (Wildman–Crippen MR) is 131 cm³/mol. The van der Waals surface area contributed by atoms with Crippen LogP contribution in [0.4, 0.5) is 0 Å². The first-order valence-electron chi connectivity index (χ1n) is 11.1. The van der Waals surface area contributed by atoms with E-state index in [2.05, 4.69) is 37.2 Å². The monoisotopic (exact) mass is 479 g/mol. The van der Waals surface area contributed by atoms with Gasteiger partial charge in [0, 0.05) is 62.6 Å². The summed E-state index contributed by atoms with van der Waals surface area (Å²) in [5.41, 5.74) is 4.06. The maximum atomic E-state index is 10.6. The summed E-state index contributed by atoms with van der Waals surface area (Å²) in [5.74, 6) is -1.46. The van der Waals surface area contributed by atoms with E-state index in [1.54, 1.807) is 6.20 Å². The first-order chi connectivity index (χ1) is 16.7. The second-order valence-electron chi connectivity index (χ2n) is 8.33. The smallest absolute Gasteiger partial charge is 0.300 e. The van der Waals surface area contributed by atoms with Gasteiger partial charge in [-0.1, -0.05) is 18.2 Å². The van der Waals surface area contributed by atoms with Crippen molar-refractivity contribution in [2.45, 2.75) is 32.9 Å². The molecule has 1 saturated heterocycles. The average molecular weight is 480 g/mol. The van der Waals surface area contributed by atoms with Crippen molar-refractivity contribution in [1.82, 2.24) is 25.1 Å². The number of carbonyl (C=O) groups is 2. The molecule has 4 aromatic rings. The number of fused-ring (bicyclic) bond motifs is 2. The zero-order valence-electron chi connectivity index (χ0n) is 19.6. The van der Waals surface area contributed by atoms with Crippen LogP contribution in [0.2, 0.25) is 0 Å². The van der Waals surface area contributed by atoms with Crippen LogP contribution in [0.25, 0.3) is 21.9 Å². The molecule has 1 fully saturated rings. The van der Waals surface area contributed by atoms with Crippen molar-refractivity contribution in [2.24, 2.45) is 5.92 Å². The Morgan fingerprint density at radius 3 is 2.40 bits per heavy atom. The number of nitrogens with zero attached hydrogens (tertiary/aromatic N) is 4. The van der Waals surface area contributed by atoms with Gasteiger partial charge in [0.15, 0.2) is 5.65 Å². The number of aliphatic hydroxyl groups is 1. The number of rotatable bonds is 4. The lowest BCUT2D eigenvalue weighted by atomic mass is 9.94. The van der Waals surface area contributed by atoms with Crippen LogP contribution in [0.15, 0.2) is 54.9 Å². The molecule has 1 aromatic carbocycles. The van der Waals surface area contributed by atoms with Gasteiger partial charge in [0.05, 0.1) is 17.3 Å². The molecule has 3 aromatic heterocycles. The van der Waals surface area contributed by atoms with Gasteiger partial charge in [-0.15, -0.1) is 0 Å². The molecule has 5 rings (SSSR count). The Bertz CT molecular complexity index is 1270. The van der Waals surface area contributed by atoms with Crippen LogP contribution in [-0.4, -0.2) is 71.5 Å². The molecule has 0 radical (unpaired) electrons. The van der Waals surface area contributed by atoms with E-state index in [4.69, 9.17) is 19.8 Å². The number of carboxylic acid groups (broad SMARTS) is 2. The number of H-pyrrole nitrogens is 1. The second-order valence-corrected chi connectivity index (χ2v) is 8.33. The van der Waals surface area contributed by atoms with Gasteiger partial charge in [-0.05, 0) is 36.2 Å². The molecule has 2 atom stereocenters. The minimum Gasteiger partial charge on any atom is -0.481 e. The maximum Gasteiger partial charge on any atom is 0.300 e. The van der Waals surface area contributed by atoms with Crippen molar-refractivity contribution in [3.8, 4) is 0 Å². The zero-order chi connectivity index (χ0) is 25.4. The number of carboxylic acids is 2. The molecule has 10 nitrogen and oxygen atoms in total. The Labute approximate surface area is 202 Å². The highest BCUT2D eigenvalue weighted by Gasteiger charge is 2.32. The van der Waals surface area contributed by atoms with Gasteiger partial charge in [0.2, 0.25) is 0 Å². The number of aliphatic carboxylic acids is 2. The third-order valence-electron chi connectivity index (χ3n) is 5.49. The number of β-amino-alcohol motifs (C(OH)–C–C–N with tert-alkyl or cyclic N) is 1. The Morgan fingerprint density at radius 2 is 1.66 bits per heavy atom. The number of benzene rings is 1. The number of likely N-dealkylation sites (tertiary alicyclic amines) is 1. The maximum absolute atomic E-state index is 10.6. The number of aliphatic hydroxyl groups excluding tert-OH is 1. The standard InChI is InChI=1S/C21H21N5O.2C2H4O2/c27-20-13-26(12-19-17-5-3-8-23-21(17)25-24-19)11-15(20)10-14-7-9-22-18-6-2-1-4-16(14)18;2*1-2(3)4/h1-9,15,20,27H,10-13H2,(H,23,24,25);2*1H3,(H,3,4)/t15-,20+;;/m1../s1. The van der Waals surface area contributed by atoms with Crippen LogP contribution >= 0.6 is 0 Å². The predicted octanol–water partition coefficient (Wildman–Crippen LogP) is 2.72. The fourth-order valence-corrected chi connectivity index (χ4v) is 4.13. The summed E-state index contributed by atoms with van der Waals surface area (Å²) in [7, 11) is 0. The van der Waals surface area contributed by atoms with E-state index >= 15 is 0 Å². The summed E-state index contributed by atoms with van der Waals surface area (Å²) < 4.78 is 0. The van der Waals surface area contributed by atoms with Crippen molar-refractivity contribution in [3.63, 3.8) is 0 Å². The summed E-state index contributed by atoms with van der Waals surface area (Å²) in [6.07, 6.45) is 4.14. The van der Waals surface area contributed by atoms with E-state index < -0.39 is 11.9 Å². The van der Waals surface area contributed by atoms with E-state index in [9.17, 15) is 5.11 Å². The quantitative estimate of drug-likeness (QED) is 0.346. The molecular formula is C25H29N5O5. The highest BCUT2D eigenvalue weighted by molar-refractivity contribution is 5.81.